The lowest BCUT2D eigenvalue weighted by molar-refractivity contribution is -0.0504. The molecule has 2 rings (SSSR count). The summed E-state index contributed by atoms with van der Waals surface area (Å²) in [5.41, 5.74) is 3.98. The van der Waals surface area contributed by atoms with E-state index in [1.807, 2.05) is 32.9 Å². The third kappa shape index (κ3) is 4.28. The second-order valence-electron chi connectivity index (χ2n) is 5.44. The van der Waals surface area contributed by atoms with Crippen molar-refractivity contribution < 1.29 is 18.3 Å². The van der Waals surface area contributed by atoms with E-state index in [1.165, 1.54) is 6.07 Å². The van der Waals surface area contributed by atoms with Crippen LogP contribution in [0, 0.1) is 20.8 Å². The number of carbonyl (C=O) groups excluding carboxylic acids is 1. The number of aryl methyl sites for hydroxylation is 3. The number of halogens is 2. The highest BCUT2D eigenvalue weighted by atomic mass is 19.3. The minimum atomic E-state index is -2.89. The van der Waals surface area contributed by atoms with Gasteiger partial charge in [-0.15, -0.1) is 0 Å². The molecule has 122 valence electrons. The van der Waals surface area contributed by atoms with E-state index in [4.69, 9.17) is 0 Å². The molecule has 1 amide bonds. The van der Waals surface area contributed by atoms with Gasteiger partial charge in [0.15, 0.2) is 0 Å². The molecule has 0 spiro atoms. The Balaban J connectivity index is 2.14. The lowest BCUT2D eigenvalue weighted by Crippen LogP contribution is -2.25. The van der Waals surface area contributed by atoms with Gasteiger partial charge in [0.1, 0.15) is 5.75 Å². The number of alkyl halides is 2. The van der Waals surface area contributed by atoms with Crippen molar-refractivity contribution in [1.82, 2.24) is 5.32 Å². The standard InChI is InChI=1S/C18H19F2NO2/c1-11-8-12(2)16(13(3)9-11)17(22)21-10-14-6-4-5-7-15(14)23-18(19)20/h4-9,18H,10H2,1-3H3,(H,21,22). The van der Waals surface area contributed by atoms with Crippen molar-refractivity contribution in [2.24, 2.45) is 0 Å². The number of para-hydroxylation sites is 1. The Kier molecular flexibility index (Phi) is 5.32. The van der Waals surface area contributed by atoms with Crippen LogP contribution in [-0.4, -0.2) is 12.5 Å². The topological polar surface area (TPSA) is 38.3 Å². The third-order valence-electron chi connectivity index (χ3n) is 3.53. The van der Waals surface area contributed by atoms with Crippen LogP contribution in [0.25, 0.3) is 0 Å². The van der Waals surface area contributed by atoms with E-state index < -0.39 is 6.61 Å². The summed E-state index contributed by atoms with van der Waals surface area (Å²) in [7, 11) is 0. The predicted octanol–water partition coefficient (Wildman–Crippen LogP) is 4.14. The molecule has 0 aliphatic heterocycles. The number of hydrogen-bond donors (Lipinski definition) is 1. The van der Waals surface area contributed by atoms with Crippen molar-refractivity contribution in [2.45, 2.75) is 33.9 Å². The third-order valence-corrected chi connectivity index (χ3v) is 3.53. The molecule has 5 heteroatoms. The Bertz CT molecular complexity index is 691. The average molecular weight is 319 g/mol. The zero-order chi connectivity index (χ0) is 17.0. The van der Waals surface area contributed by atoms with Crippen LogP contribution >= 0.6 is 0 Å². The first-order chi connectivity index (χ1) is 10.9. The Morgan fingerprint density at radius 3 is 2.35 bits per heavy atom. The fourth-order valence-corrected chi connectivity index (χ4v) is 2.66. The predicted molar refractivity (Wildman–Crippen MR) is 84.9 cm³/mol. The van der Waals surface area contributed by atoms with Crippen molar-refractivity contribution in [3.8, 4) is 5.75 Å². The number of carbonyl (C=O) groups is 1. The van der Waals surface area contributed by atoms with Crippen LogP contribution in [-0.2, 0) is 6.54 Å². The van der Waals surface area contributed by atoms with E-state index in [2.05, 4.69) is 10.1 Å². The van der Waals surface area contributed by atoms with Gasteiger partial charge in [-0.3, -0.25) is 4.79 Å². The Morgan fingerprint density at radius 1 is 1.13 bits per heavy atom. The number of benzene rings is 2. The summed E-state index contributed by atoms with van der Waals surface area (Å²) in [6.45, 7) is 2.95. The SMILES string of the molecule is Cc1cc(C)c(C(=O)NCc2ccccc2OC(F)F)c(C)c1. The van der Waals surface area contributed by atoms with E-state index >= 15 is 0 Å². The van der Waals surface area contributed by atoms with Gasteiger partial charge in [-0.05, 0) is 38.0 Å². The fraction of sp³-hybridized carbons (Fsp3) is 0.278. The van der Waals surface area contributed by atoms with Crippen LogP contribution in [0.4, 0.5) is 8.78 Å². The van der Waals surface area contributed by atoms with Gasteiger partial charge >= 0.3 is 6.61 Å². The molecule has 0 saturated heterocycles. The summed E-state index contributed by atoms with van der Waals surface area (Å²) < 4.78 is 29.3. The van der Waals surface area contributed by atoms with E-state index in [-0.39, 0.29) is 18.2 Å². The molecule has 0 aromatic heterocycles. The summed E-state index contributed by atoms with van der Waals surface area (Å²) >= 11 is 0. The van der Waals surface area contributed by atoms with Gasteiger partial charge in [0.05, 0.1) is 0 Å². The lowest BCUT2D eigenvalue weighted by atomic mass is 9.99. The molecule has 3 nitrogen and oxygen atoms in total. The molecule has 0 unspecified atom stereocenters. The van der Waals surface area contributed by atoms with Crippen LogP contribution in [0.5, 0.6) is 5.75 Å². The van der Waals surface area contributed by atoms with Gasteiger partial charge in [0.25, 0.3) is 5.91 Å². The smallest absolute Gasteiger partial charge is 0.387 e. The van der Waals surface area contributed by atoms with E-state index in [0.29, 0.717) is 11.1 Å². The number of nitrogens with one attached hydrogen (secondary N) is 1. The van der Waals surface area contributed by atoms with Crippen molar-refractivity contribution in [3.05, 3.63) is 64.2 Å². The van der Waals surface area contributed by atoms with E-state index in [1.54, 1.807) is 18.2 Å². The van der Waals surface area contributed by atoms with Crippen molar-refractivity contribution in [3.63, 3.8) is 0 Å². The normalized spacial score (nSPS) is 10.7. The highest BCUT2D eigenvalue weighted by Gasteiger charge is 2.14. The maximum Gasteiger partial charge on any atom is 0.387 e. The Morgan fingerprint density at radius 2 is 1.74 bits per heavy atom. The quantitative estimate of drug-likeness (QED) is 0.899. The van der Waals surface area contributed by atoms with E-state index in [9.17, 15) is 13.6 Å². The number of rotatable bonds is 5. The lowest BCUT2D eigenvalue weighted by Gasteiger charge is -2.14. The molecule has 23 heavy (non-hydrogen) atoms. The van der Waals surface area contributed by atoms with Gasteiger partial charge in [-0.25, -0.2) is 0 Å². The molecular formula is C18H19F2NO2. The zero-order valence-corrected chi connectivity index (χ0v) is 13.3. The van der Waals surface area contributed by atoms with Crippen LogP contribution in [0.2, 0.25) is 0 Å². The molecule has 2 aromatic carbocycles. The monoisotopic (exact) mass is 319 g/mol. The van der Waals surface area contributed by atoms with Crippen LogP contribution < -0.4 is 10.1 Å². The van der Waals surface area contributed by atoms with Crippen LogP contribution in [0.15, 0.2) is 36.4 Å². The summed E-state index contributed by atoms with van der Waals surface area (Å²) in [5.74, 6) is -0.160. The fourth-order valence-electron chi connectivity index (χ4n) is 2.66. The second kappa shape index (κ2) is 7.22. The van der Waals surface area contributed by atoms with Gasteiger partial charge in [-0.1, -0.05) is 35.9 Å². The highest BCUT2D eigenvalue weighted by molar-refractivity contribution is 5.97. The summed E-state index contributed by atoms with van der Waals surface area (Å²) in [5, 5.41) is 2.77. The molecule has 0 bridgehead atoms. The molecule has 0 aliphatic rings. The first-order valence-electron chi connectivity index (χ1n) is 7.27. The van der Waals surface area contributed by atoms with Crippen molar-refractivity contribution in [1.29, 1.82) is 0 Å². The number of hydrogen-bond acceptors (Lipinski definition) is 2. The van der Waals surface area contributed by atoms with Gasteiger partial charge in [0, 0.05) is 17.7 Å². The van der Waals surface area contributed by atoms with Crippen LogP contribution in [0.3, 0.4) is 0 Å². The minimum absolute atomic E-state index is 0.0696. The largest absolute Gasteiger partial charge is 0.434 e. The van der Waals surface area contributed by atoms with Crippen molar-refractivity contribution >= 4 is 5.91 Å². The zero-order valence-electron chi connectivity index (χ0n) is 13.3. The molecule has 1 N–H and O–H groups in total. The Labute approximate surface area is 134 Å². The first-order valence-corrected chi connectivity index (χ1v) is 7.27. The minimum Gasteiger partial charge on any atom is -0.434 e. The van der Waals surface area contributed by atoms with Gasteiger partial charge in [-0.2, -0.15) is 8.78 Å². The molecule has 0 atom stereocenters. The molecule has 0 fully saturated rings. The molecule has 0 aliphatic carbocycles. The van der Waals surface area contributed by atoms with Crippen LogP contribution in [0.1, 0.15) is 32.6 Å². The molecule has 0 saturated carbocycles. The van der Waals surface area contributed by atoms with Gasteiger partial charge < -0.3 is 10.1 Å². The first kappa shape index (κ1) is 16.9. The number of ether oxygens (including phenoxy) is 1. The maximum atomic E-state index is 12.4. The molecule has 2 aromatic rings. The molecular weight excluding hydrogens is 300 g/mol. The van der Waals surface area contributed by atoms with E-state index in [0.717, 1.165) is 16.7 Å². The number of amides is 1. The highest BCUT2D eigenvalue weighted by Crippen LogP contribution is 2.21. The summed E-state index contributed by atoms with van der Waals surface area (Å²) in [6, 6.07) is 10.3. The summed E-state index contributed by atoms with van der Waals surface area (Å²) in [6.07, 6.45) is 0. The Hall–Kier alpha value is -2.43. The second-order valence-corrected chi connectivity index (χ2v) is 5.44. The maximum absolute atomic E-state index is 12.4. The summed E-state index contributed by atoms with van der Waals surface area (Å²) in [4.78, 5) is 12.4. The van der Waals surface area contributed by atoms with Crippen molar-refractivity contribution in [2.75, 3.05) is 0 Å². The van der Waals surface area contributed by atoms with Gasteiger partial charge in [0.2, 0.25) is 0 Å². The molecule has 0 radical (unpaired) electrons. The average Bonchev–Trinajstić information content (AvgIpc) is 2.44. The molecule has 0 heterocycles.